The van der Waals surface area contributed by atoms with E-state index in [1.165, 1.54) is 0 Å². The van der Waals surface area contributed by atoms with Crippen LogP contribution in [-0.2, 0) is 18.9 Å². The van der Waals surface area contributed by atoms with Crippen molar-refractivity contribution < 1.29 is 43.9 Å². The number of fused-ring (bicyclic) bond motifs is 3. The number of phenolic OH excluding ortho intramolecular Hbond substituents is 1. The first kappa shape index (κ1) is 27.3. The number of carbonyl (C=O) groups is 2. The standard InChI is InChI=1S/C31H34O9/c1-14-12-19-25(22(34)13-14)26-27(29(36)18-7-5-4-6-17(18)28(26)35)31(40-24-11-9-21(33)16(3)38-24)30(19)39-23-10-8-20(32)15(2)37-23/h4-7,12-13,15-16,20-21,23-24,30-34H,8-11H2,1-3H3. The lowest BCUT2D eigenvalue weighted by Crippen LogP contribution is -2.46. The van der Waals surface area contributed by atoms with Gasteiger partial charge in [-0.25, -0.2) is 0 Å². The Balaban J connectivity index is 1.50. The Bertz CT molecular complexity index is 1380. The molecule has 9 nitrogen and oxygen atoms in total. The molecule has 0 spiro atoms. The lowest BCUT2D eigenvalue weighted by molar-refractivity contribution is -0.276. The van der Waals surface area contributed by atoms with E-state index < -0.39 is 49.2 Å². The van der Waals surface area contributed by atoms with Crippen LogP contribution in [0.2, 0.25) is 0 Å². The highest BCUT2D eigenvalue weighted by molar-refractivity contribution is 6.41. The van der Waals surface area contributed by atoms with Crippen LogP contribution in [0.1, 0.15) is 83.0 Å². The predicted molar refractivity (Wildman–Crippen MR) is 143 cm³/mol. The molecule has 2 fully saturated rings. The van der Waals surface area contributed by atoms with E-state index in [-0.39, 0.29) is 45.2 Å². The van der Waals surface area contributed by atoms with Crippen molar-refractivity contribution in [1.82, 2.24) is 0 Å². The number of carbonyl (C=O) groups excluding carboxylic acids is 2. The fraction of sp³-hybridized carbons (Fsp3) is 0.484. The minimum Gasteiger partial charge on any atom is -0.507 e. The fourth-order valence-corrected chi connectivity index (χ4v) is 6.21. The molecule has 3 N–H and O–H groups in total. The zero-order valence-corrected chi connectivity index (χ0v) is 22.7. The summed E-state index contributed by atoms with van der Waals surface area (Å²) in [6, 6.07) is 10.0. The maximum atomic E-state index is 14.1. The Morgan fingerprint density at radius 3 is 1.93 bits per heavy atom. The Morgan fingerprint density at radius 1 is 0.800 bits per heavy atom. The molecule has 2 saturated heterocycles. The second-order valence-electron chi connectivity index (χ2n) is 11.2. The number of ketones is 2. The van der Waals surface area contributed by atoms with Crippen LogP contribution in [-0.4, -0.2) is 70.0 Å². The van der Waals surface area contributed by atoms with Crippen LogP contribution in [0.15, 0.2) is 42.0 Å². The van der Waals surface area contributed by atoms with Crippen molar-refractivity contribution >= 4 is 17.1 Å². The van der Waals surface area contributed by atoms with Crippen molar-refractivity contribution in [3.8, 4) is 5.75 Å². The highest BCUT2D eigenvalue weighted by Gasteiger charge is 2.49. The Kier molecular flexibility index (Phi) is 7.14. The van der Waals surface area contributed by atoms with E-state index >= 15 is 0 Å². The Hall–Kier alpha value is -2.92. The van der Waals surface area contributed by atoms with Gasteiger partial charge in [0.25, 0.3) is 0 Å². The lowest BCUT2D eigenvalue weighted by atomic mass is 9.71. The smallest absolute Gasteiger partial charge is 0.195 e. The van der Waals surface area contributed by atoms with Crippen LogP contribution >= 0.6 is 0 Å². The van der Waals surface area contributed by atoms with Crippen molar-refractivity contribution in [3.05, 3.63) is 69.8 Å². The van der Waals surface area contributed by atoms with E-state index in [9.17, 15) is 24.9 Å². The normalized spacial score (nSPS) is 33.8. The number of hydrogen-bond donors (Lipinski definition) is 3. The van der Waals surface area contributed by atoms with E-state index in [0.29, 0.717) is 31.2 Å². The predicted octanol–water partition coefficient (Wildman–Crippen LogP) is 3.76. The van der Waals surface area contributed by atoms with Crippen LogP contribution in [0, 0.1) is 6.92 Å². The van der Waals surface area contributed by atoms with Crippen molar-refractivity contribution in [2.24, 2.45) is 0 Å². The second kappa shape index (κ2) is 10.5. The molecule has 9 heteroatoms. The summed E-state index contributed by atoms with van der Waals surface area (Å²) < 4.78 is 25.0. The third kappa shape index (κ3) is 4.60. The number of rotatable bonds is 4. The summed E-state index contributed by atoms with van der Waals surface area (Å²) in [5.41, 5.74) is 2.21. The molecule has 0 amide bonds. The molecular weight excluding hydrogens is 516 g/mol. The summed E-state index contributed by atoms with van der Waals surface area (Å²) in [7, 11) is 0. The van der Waals surface area contributed by atoms with E-state index in [2.05, 4.69) is 0 Å². The zero-order valence-electron chi connectivity index (χ0n) is 22.7. The Morgan fingerprint density at radius 2 is 1.35 bits per heavy atom. The van der Waals surface area contributed by atoms with Gasteiger partial charge in [-0.3, -0.25) is 9.59 Å². The number of phenols is 1. The molecule has 2 aromatic carbocycles. The fourth-order valence-electron chi connectivity index (χ4n) is 6.21. The summed E-state index contributed by atoms with van der Waals surface area (Å²) in [4.78, 5) is 28.1. The molecule has 8 atom stereocenters. The summed E-state index contributed by atoms with van der Waals surface area (Å²) in [6.45, 7) is 5.34. The summed E-state index contributed by atoms with van der Waals surface area (Å²) in [6.07, 6.45) is -3.98. The van der Waals surface area contributed by atoms with Gasteiger partial charge >= 0.3 is 0 Å². The van der Waals surface area contributed by atoms with Gasteiger partial charge in [0.2, 0.25) is 0 Å². The number of hydrogen-bond acceptors (Lipinski definition) is 9. The van der Waals surface area contributed by atoms with E-state index in [1.54, 1.807) is 44.2 Å². The van der Waals surface area contributed by atoms with Gasteiger partial charge in [-0.1, -0.05) is 30.3 Å². The largest absolute Gasteiger partial charge is 0.507 e. The van der Waals surface area contributed by atoms with E-state index in [0.717, 1.165) is 5.56 Å². The van der Waals surface area contributed by atoms with Gasteiger partial charge in [-0.15, -0.1) is 0 Å². The molecule has 212 valence electrons. The van der Waals surface area contributed by atoms with E-state index in [1.807, 2.05) is 13.0 Å². The van der Waals surface area contributed by atoms with Crippen molar-refractivity contribution in [3.63, 3.8) is 0 Å². The lowest BCUT2D eigenvalue weighted by Gasteiger charge is -2.43. The van der Waals surface area contributed by atoms with Gasteiger partial charge in [0, 0.05) is 40.7 Å². The van der Waals surface area contributed by atoms with Crippen LogP contribution in [0.5, 0.6) is 5.75 Å². The highest BCUT2D eigenvalue weighted by Crippen LogP contribution is 2.50. The topological polar surface area (TPSA) is 132 Å². The van der Waals surface area contributed by atoms with Crippen molar-refractivity contribution in [2.75, 3.05) is 0 Å². The number of aliphatic hydroxyl groups excluding tert-OH is 2. The van der Waals surface area contributed by atoms with Crippen LogP contribution in [0.4, 0.5) is 0 Å². The maximum Gasteiger partial charge on any atom is 0.195 e. The molecule has 2 aliphatic carbocycles. The SMILES string of the molecule is Cc1cc(O)c2c(c1)C(OC1CCC(O)C(C)O1)C(OC1CCC(O)C(C)O1)C1=C2C(=O)c2ccccc2C1=O. The first-order valence-corrected chi connectivity index (χ1v) is 13.9. The third-order valence-electron chi connectivity index (χ3n) is 8.38. The molecule has 4 aliphatic rings. The van der Waals surface area contributed by atoms with Gasteiger partial charge in [-0.2, -0.15) is 0 Å². The quantitative estimate of drug-likeness (QED) is 0.521. The number of benzene rings is 2. The third-order valence-corrected chi connectivity index (χ3v) is 8.38. The number of aromatic hydroxyl groups is 1. The molecule has 0 bridgehead atoms. The van der Waals surface area contributed by atoms with E-state index in [4.69, 9.17) is 18.9 Å². The molecule has 0 saturated carbocycles. The first-order chi connectivity index (χ1) is 19.1. The summed E-state index contributed by atoms with van der Waals surface area (Å²) in [5, 5.41) is 31.6. The van der Waals surface area contributed by atoms with Crippen molar-refractivity contribution in [2.45, 2.75) is 95.7 Å². The van der Waals surface area contributed by atoms with Gasteiger partial charge in [0.1, 0.15) is 18.0 Å². The second-order valence-corrected chi connectivity index (χ2v) is 11.2. The van der Waals surface area contributed by atoms with Crippen LogP contribution in [0.25, 0.3) is 5.57 Å². The number of Topliss-reactive ketones (excluding diaryl/α,β-unsaturated/α-hetero) is 2. The molecule has 2 aromatic rings. The molecule has 6 rings (SSSR count). The van der Waals surface area contributed by atoms with Gasteiger partial charge < -0.3 is 34.3 Å². The minimum atomic E-state index is -1.06. The molecule has 8 unspecified atom stereocenters. The average Bonchev–Trinajstić information content (AvgIpc) is 2.92. The number of aliphatic hydroxyl groups is 2. The number of allylic oxidation sites excluding steroid dienone is 1. The number of ether oxygens (including phenoxy) is 4. The molecule has 0 aromatic heterocycles. The molecule has 0 radical (unpaired) electrons. The molecule has 2 heterocycles. The Labute approximate surface area is 232 Å². The van der Waals surface area contributed by atoms with Crippen molar-refractivity contribution in [1.29, 1.82) is 0 Å². The minimum absolute atomic E-state index is 0.0956. The van der Waals surface area contributed by atoms with Gasteiger partial charge in [0.05, 0.1) is 24.4 Å². The van der Waals surface area contributed by atoms with Gasteiger partial charge in [0.15, 0.2) is 24.1 Å². The average molecular weight is 551 g/mol. The van der Waals surface area contributed by atoms with Crippen LogP contribution in [0.3, 0.4) is 0 Å². The molecule has 2 aliphatic heterocycles. The van der Waals surface area contributed by atoms with Gasteiger partial charge in [-0.05, 0) is 50.8 Å². The zero-order chi connectivity index (χ0) is 28.3. The maximum absolute atomic E-state index is 14.1. The number of aryl methyl sites for hydroxylation is 1. The summed E-state index contributed by atoms with van der Waals surface area (Å²) >= 11 is 0. The monoisotopic (exact) mass is 550 g/mol. The highest BCUT2D eigenvalue weighted by atomic mass is 16.7. The molecule has 40 heavy (non-hydrogen) atoms. The first-order valence-electron chi connectivity index (χ1n) is 13.9. The van der Waals surface area contributed by atoms with Crippen LogP contribution < -0.4 is 0 Å². The summed E-state index contributed by atoms with van der Waals surface area (Å²) in [5.74, 6) is -0.891. The molecular formula is C31H34O9.